The highest BCUT2D eigenvalue weighted by Gasteiger charge is 2.06. The molecule has 2 rings (SSSR count). The van der Waals surface area contributed by atoms with Crippen LogP contribution in [0.1, 0.15) is 5.69 Å². The fraction of sp³-hybridized carbons (Fsp3) is 0. The zero-order valence-corrected chi connectivity index (χ0v) is 9.14. The Morgan fingerprint density at radius 2 is 2.07 bits per heavy atom. The second-order valence-electron chi connectivity index (χ2n) is 2.95. The molecule has 2 aromatic rings. The maximum absolute atomic E-state index is 9.47. The lowest BCUT2D eigenvalue weighted by Gasteiger charge is -2.01. The minimum atomic E-state index is 0.132. The molecule has 0 amide bonds. The van der Waals surface area contributed by atoms with Crippen molar-refractivity contribution in [3.63, 3.8) is 0 Å². The molecule has 0 atom stereocenters. The fourth-order valence-corrected chi connectivity index (χ4v) is 1.74. The zero-order chi connectivity index (χ0) is 10.8. The Kier molecular flexibility index (Phi) is 2.49. The van der Waals surface area contributed by atoms with Crippen LogP contribution in [0.3, 0.4) is 0 Å². The fourth-order valence-electron chi connectivity index (χ4n) is 1.29. The third-order valence-corrected chi connectivity index (χ3v) is 2.77. The van der Waals surface area contributed by atoms with Crippen LogP contribution in [0.5, 0.6) is 5.75 Å². The Labute approximate surface area is 93.9 Å². The summed E-state index contributed by atoms with van der Waals surface area (Å²) < 4.78 is 0.535. The van der Waals surface area contributed by atoms with Gasteiger partial charge < -0.3 is 10.6 Å². The molecule has 5 heteroatoms. The van der Waals surface area contributed by atoms with E-state index in [1.165, 1.54) is 6.21 Å². The van der Waals surface area contributed by atoms with Crippen molar-refractivity contribution >= 4 is 33.0 Å². The number of phenols is 1. The molecule has 0 fully saturated rings. The summed E-state index contributed by atoms with van der Waals surface area (Å²) in [5.74, 6) is 0.132. The Hall–Kier alpha value is -1.71. The molecule has 1 N–H and O–H groups in total. The van der Waals surface area contributed by atoms with Crippen molar-refractivity contribution in [1.82, 2.24) is 4.98 Å². The molecular weight excluding hydrogens is 258 g/mol. The van der Waals surface area contributed by atoms with Crippen molar-refractivity contribution < 1.29 is 9.90 Å². The van der Waals surface area contributed by atoms with Crippen LogP contribution in [0.15, 0.2) is 28.7 Å². The number of hydrogen-bond acceptors (Lipinski definition) is 2. The molecule has 0 aliphatic carbocycles. The highest BCUT2D eigenvalue weighted by atomic mass is 79.9. The smallest absolute Gasteiger partial charge is 0.305 e. The van der Waals surface area contributed by atoms with Gasteiger partial charge in [0.1, 0.15) is 11.4 Å². The molecule has 1 heterocycles. The minimum Gasteiger partial charge on any atom is -0.507 e. The minimum absolute atomic E-state index is 0.132. The van der Waals surface area contributed by atoms with E-state index in [9.17, 15) is 5.11 Å². The van der Waals surface area contributed by atoms with E-state index in [1.54, 1.807) is 18.2 Å². The predicted molar refractivity (Wildman–Crippen MR) is 59.9 cm³/mol. The van der Waals surface area contributed by atoms with Gasteiger partial charge in [-0.05, 0) is 34.1 Å². The van der Waals surface area contributed by atoms with E-state index in [0.717, 1.165) is 5.39 Å². The van der Waals surface area contributed by atoms with Crippen molar-refractivity contribution in [3.8, 4) is 5.75 Å². The van der Waals surface area contributed by atoms with E-state index in [2.05, 4.69) is 25.7 Å². The second-order valence-corrected chi connectivity index (χ2v) is 3.74. The number of nitrogens with zero attached hydrogens (tertiary/aromatic N) is 3. The number of benzene rings is 1. The van der Waals surface area contributed by atoms with E-state index in [4.69, 9.17) is 5.53 Å². The van der Waals surface area contributed by atoms with Gasteiger partial charge in [-0.1, -0.05) is 6.07 Å². The average molecular weight is 264 g/mol. The lowest BCUT2D eigenvalue weighted by atomic mass is 10.2. The molecule has 0 aliphatic rings. The van der Waals surface area contributed by atoms with Crippen LogP contribution in [0, 0.1) is 0 Å². The third kappa shape index (κ3) is 1.75. The van der Waals surface area contributed by atoms with Crippen LogP contribution < -0.4 is 0 Å². The molecule has 0 radical (unpaired) electrons. The summed E-state index contributed by atoms with van der Waals surface area (Å²) >= 11 is 3.25. The number of hydrogen-bond donors (Lipinski definition) is 1. The van der Waals surface area contributed by atoms with E-state index < -0.39 is 0 Å². The number of aromatic hydroxyl groups is 1. The molecule has 0 saturated carbocycles. The Bertz CT molecular complexity index is 576. The first-order valence-corrected chi connectivity index (χ1v) is 4.97. The lowest BCUT2D eigenvalue weighted by molar-refractivity contribution is 0.00428. The molecule has 0 bridgehead atoms. The van der Waals surface area contributed by atoms with Gasteiger partial charge in [-0.15, -0.1) is 0 Å². The van der Waals surface area contributed by atoms with Gasteiger partial charge in [-0.3, -0.25) is 0 Å². The number of aromatic nitrogens is 1. The number of pyridine rings is 1. The Balaban J connectivity index is 2.78. The van der Waals surface area contributed by atoms with Crippen molar-refractivity contribution in [1.29, 1.82) is 0 Å². The van der Waals surface area contributed by atoms with Gasteiger partial charge in [0, 0.05) is 5.39 Å². The van der Waals surface area contributed by atoms with E-state index >= 15 is 0 Å². The van der Waals surface area contributed by atoms with Crippen LogP contribution in [0.25, 0.3) is 16.4 Å². The maximum atomic E-state index is 9.47. The zero-order valence-electron chi connectivity index (χ0n) is 7.55. The van der Waals surface area contributed by atoms with Gasteiger partial charge in [-0.25, -0.2) is 4.98 Å². The SMILES string of the molecule is [N-]=[N+]=Cc1ccc2ccc(O)c(Br)c2n1. The van der Waals surface area contributed by atoms with Gasteiger partial charge >= 0.3 is 6.21 Å². The van der Waals surface area contributed by atoms with E-state index in [-0.39, 0.29) is 5.75 Å². The van der Waals surface area contributed by atoms with E-state index in [0.29, 0.717) is 15.7 Å². The normalized spacial score (nSPS) is 9.93. The van der Waals surface area contributed by atoms with Crippen molar-refractivity contribution in [2.24, 2.45) is 0 Å². The number of phenolic OH excluding ortho intramolecular Hbond substituents is 1. The summed E-state index contributed by atoms with van der Waals surface area (Å²) in [7, 11) is 0. The van der Waals surface area contributed by atoms with Gasteiger partial charge in [0.05, 0.1) is 9.99 Å². The standard InChI is InChI=1S/C10H6BrN3O/c11-9-8(15)4-2-6-1-3-7(5-13-12)14-10(6)9/h1-5,15H. The number of rotatable bonds is 1. The molecule has 1 aromatic heterocycles. The lowest BCUT2D eigenvalue weighted by Crippen LogP contribution is -1.89. The Morgan fingerprint density at radius 3 is 2.80 bits per heavy atom. The van der Waals surface area contributed by atoms with Crippen molar-refractivity contribution in [2.45, 2.75) is 0 Å². The first kappa shape index (κ1) is 9.83. The molecule has 4 nitrogen and oxygen atoms in total. The molecule has 0 aliphatic heterocycles. The van der Waals surface area contributed by atoms with Crippen LogP contribution in [0.4, 0.5) is 0 Å². The van der Waals surface area contributed by atoms with Gasteiger partial charge in [0.2, 0.25) is 0 Å². The van der Waals surface area contributed by atoms with Gasteiger partial charge in [0.25, 0.3) is 0 Å². The molecular formula is C10H6BrN3O. The summed E-state index contributed by atoms with van der Waals surface area (Å²) in [5, 5.41) is 10.4. The van der Waals surface area contributed by atoms with Gasteiger partial charge in [-0.2, -0.15) is 4.79 Å². The van der Waals surface area contributed by atoms with Crippen molar-refractivity contribution in [3.05, 3.63) is 40.0 Å². The molecule has 0 unspecified atom stereocenters. The summed E-state index contributed by atoms with van der Waals surface area (Å²) in [6.07, 6.45) is 1.23. The molecule has 1 aromatic carbocycles. The third-order valence-electron chi connectivity index (χ3n) is 1.99. The molecule has 74 valence electrons. The quantitative estimate of drug-likeness (QED) is 0.488. The Morgan fingerprint density at radius 1 is 1.33 bits per heavy atom. The molecule has 0 saturated heterocycles. The second kappa shape index (κ2) is 3.81. The summed E-state index contributed by atoms with van der Waals surface area (Å²) in [4.78, 5) is 7.11. The van der Waals surface area contributed by atoms with Gasteiger partial charge in [0.15, 0.2) is 0 Å². The topological polar surface area (TPSA) is 69.5 Å². The highest BCUT2D eigenvalue weighted by Crippen LogP contribution is 2.30. The van der Waals surface area contributed by atoms with E-state index in [1.807, 2.05) is 6.07 Å². The highest BCUT2D eigenvalue weighted by molar-refractivity contribution is 9.10. The summed E-state index contributed by atoms with van der Waals surface area (Å²) in [6, 6.07) is 6.92. The van der Waals surface area contributed by atoms with Crippen LogP contribution >= 0.6 is 15.9 Å². The first-order chi connectivity index (χ1) is 7.22. The predicted octanol–water partition coefficient (Wildman–Crippen LogP) is 2.35. The maximum Gasteiger partial charge on any atom is 0.305 e. The number of halogens is 1. The van der Waals surface area contributed by atoms with Crippen LogP contribution in [0.2, 0.25) is 0 Å². The summed E-state index contributed by atoms with van der Waals surface area (Å²) in [6.45, 7) is 0. The number of fused-ring (bicyclic) bond motifs is 1. The van der Waals surface area contributed by atoms with Crippen LogP contribution in [-0.4, -0.2) is 21.1 Å². The summed E-state index contributed by atoms with van der Waals surface area (Å²) in [5.41, 5.74) is 9.54. The molecule has 15 heavy (non-hydrogen) atoms. The molecule has 0 spiro atoms. The van der Waals surface area contributed by atoms with Crippen molar-refractivity contribution in [2.75, 3.05) is 0 Å². The largest absolute Gasteiger partial charge is 0.507 e. The average Bonchev–Trinajstić information content (AvgIpc) is 2.25. The van der Waals surface area contributed by atoms with Crippen LogP contribution in [-0.2, 0) is 0 Å². The monoisotopic (exact) mass is 263 g/mol. The first-order valence-electron chi connectivity index (χ1n) is 4.18.